The molecule has 0 aromatic heterocycles. The number of hydrogen-bond donors (Lipinski definition) is 1. The molecule has 4 heteroatoms. The van der Waals surface area contributed by atoms with Crippen LogP contribution in [0.5, 0.6) is 5.75 Å². The summed E-state index contributed by atoms with van der Waals surface area (Å²) < 4.78 is 5.56. The number of benzene rings is 2. The lowest BCUT2D eigenvalue weighted by atomic mass is 9.95. The molecule has 3 rings (SSSR count). The van der Waals surface area contributed by atoms with Crippen LogP contribution < -0.4 is 4.74 Å². The zero-order chi connectivity index (χ0) is 21.2. The van der Waals surface area contributed by atoms with Gasteiger partial charge in [-0.25, -0.2) is 0 Å². The van der Waals surface area contributed by atoms with Gasteiger partial charge in [-0.05, 0) is 80.6 Å². The standard InChI is InChI=1S/C26H38N2O2/c1-3-27(21-24-8-6-10-26(19-24)30-18-17-29)20-23-11-14-28(15-12-23)16-13-25-9-5-4-7-22(25)2/h4-10,19,23,29H,3,11-18,20-21H2,1-2H3. The summed E-state index contributed by atoms with van der Waals surface area (Å²) in [4.78, 5) is 5.19. The minimum absolute atomic E-state index is 0.0506. The summed E-state index contributed by atoms with van der Waals surface area (Å²) in [6.45, 7) is 11.7. The maximum atomic E-state index is 8.95. The summed E-state index contributed by atoms with van der Waals surface area (Å²) >= 11 is 0. The smallest absolute Gasteiger partial charge is 0.119 e. The summed E-state index contributed by atoms with van der Waals surface area (Å²) in [5.74, 6) is 1.63. The topological polar surface area (TPSA) is 35.9 Å². The zero-order valence-electron chi connectivity index (χ0n) is 18.7. The molecule has 1 saturated heterocycles. The van der Waals surface area contributed by atoms with Gasteiger partial charge in [-0.1, -0.05) is 43.3 Å². The third kappa shape index (κ3) is 7.12. The molecule has 0 aliphatic carbocycles. The molecule has 0 spiro atoms. The van der Waals surface area contributed by atoms with E-state index in [2.05, 4.69) is 60.0 Å². The Labute approximate surface area is 182 Å². The maximum absolute atomic E-state index is 8.95. The molecule has 2 aromatic carbocycles. The van der Waals surface area contributed by atoms with E-state index in [1.54, 1.807) is 0 Å². The van der Waals surface area contributed by atoms with Crippen molar-refractivity contribution in [1.29, 1.82) is 0 Å². The molecule has 164 valence electrons. The third-order valence-electron chi connectivity index (χ3n) is 6.29. The van der Waals surface area contributed by atoms with Crippen LogP contribution in [0.3, 0.4) is 0 Å². The van der Waals surface area contributed by atoms with Crippen molar-refractivity contribution in [2.45, 2.75) is 39.7 Å². The lowest BCUT2D eigenvalue weighted by molar-refractivity contribution is 0.143. The highest BCUT2D eigenvalue weighted by atomic mass is 16.5. The molecule has 1 aliphatic rings. The van der Waals surface area contributed by atoms with Gasteiger partial charge in [0.2, 0.25) is 0 Å². The van der Waals surface area contributed by atoms with Crippen LogP contribution in [0.25, 0.3) is 0 Å². The van der Waals surface area contributed by atoms with E-state index in [0.717, 1.165) is 31.2 Å². The highest BCUT2D eigenvalue weighted by molar-refractivity contribution is 5.28. The second kappa shape index (κ2) is 12.1. The quantitative estimate of drug-likeness (QED) is 0.604. The molecule has 0 bridgehead atoms. The third-order valence-corrected chi connectivity index (χ3v) is 6.29. The van der Waals surface area contributed by atoms with Crippen molar-refractivity contribution in [2.75, 3.05) is 45.9 Å². The fourth-order valence-electron chi connectivity index (χ4n) is 4.39. The summed E-state index contributed by atoms with van der Waals surface area (Å²) in [6.07, 6.45) is 3.75. The number of aliphatic hydroxyl groups excluding tert-OH is 1. The number of hydrogen-bond acceptors (Lipinski definition) is 4. The van der Waals surface area contributed by atoms with E-state index in [1.807, 2.05) is 12.1 Å². The number of nitrogens with zero attached hydrogens (tertiary/aromatic N) is 2. The van der Waals surface area contributed by atoms with Crippen LogP contribution in [-0.2, 0) is 13.0 Å². The number of piperidine rings is 1. The first-order valence-electron chi connectivity index (χ1n) is 11.5. The minimum atomic E-state index is 0.0506. The van der Waals surface area contributed by atoms with Gasteiger partial charge in [0.15, 0.2) is 0 Å². The van der Waals surface area contributed by atoms with Gasteiger partial charge in [0.05, 0.1) is 6.61 Å². The van der Waals surface area contributed by atoms with Crippen LogP contribution in [0.1, 0.15) is 36.5 Å². The lowest BCUT2D eigenvalue weighted by Gasteiger charge is -2.34. The van der Waals surface area contributed by atoms with Gasteiger partial charge >= 0.3 is 0 Å². The van der Waals surface area contributed by atoms with Crippen molar-refractivity contribution in [1.82, 2.24) is 9.80 Å². The SMILES string of the molecule is CCN(Cc1cccc(OCCO)c1)CC1CCN(CCc2ccccc2C)CC1. The van der Waals surface area contributed by atoms with Gasteiger partial charge in [0.1, 0.15) is 12.4 Å². The molecule has 1 aliphatic heterocycles. The summed E-state index contributed by atoms with van der Waals surface area (Å²) in [7, 11) is 0. The van der Waals surface area contributed by atoms with Gasteiger partial charge in [0, 0.05) is 19.6 Å². The molecule has 1 heterocycles. The van der Waals surface area contributed by atoms with Crippen molar-refractivity contribution >= 4 is 0 Å². The van der Waals surface area contributed by atoms with E-state index >= 15 is 0 Å². The van der Waals surface area contributed by atoms with Crippen molar-refractivity contribution in [3.8, 4) is 5.75 Å². The van der Waals surface area contributed by atoms with Crippen LogP contribution in [0, 0.1) is 12.8 Å². The van der Waals surface area contributed by atoms with Gasteiger partial charge in [0.25, 0.3) is 0 Å². The molecule has 30 heavy (non-hydrogen) atoms. The Morgan fingerprint density at radius 1 is 1.10 bits per heavy atom. The van der Waals surface area contributed by atoms with Crippen LogP contribution >= 0.6 is 0 Å². The Balaban J connectivity index is 1.42. The molecule has 1 fully saturated rings. The lowest BCUT2D eigenvalue weighted by Crippen LogP contribution is -2.39. The Morgan fingerprint density at radius 2 is 1.90 bits per heavy atom. The average Bonchev–Trinajstić information content (AvgIpc) is 2.78. The molecule has 0 amide bonds. The van der Waals surface area contributed by atoms with Crippen molar-refractivity contribution in [2.24, 2.45) is 5.92 Å². The highest BCUT2D eigenvalue weighted by Gasteiger charge is 2.21. The Morgan fingerprint density at radius 3 is 2.63 bits per heavy atom. The molecule has 0 radical (unpaired) electrons. The van der Waals surface area contributed by atoms with Gasteiger partial charge in [-0.3, -0.25) is 4.90 Å². The predicted molar refractivity (Wildman–Crippen MR) is 124 cm³/mol. The summed E-state index contributed by atoms with van der Waals surface area (Å²) in [6, 6.07) is 17.0. The first-order valence-corrected chi connectivity index (χ1v) is 11.5. The molecular weight excluding hydrogens is 372 g/mol. The van der Waals surface area contributed by atoms with Crippen LogP contribution in [-0.4, -0.2) is 60.8 Å². The second-order valence-corrected chi connectivity index (χ2v) is 8.51. The molecule has 0 atom stereocenters. The van der Waals surface area contributed by atoms with Gasteiger partial charge in [-0.2, -0.15) is 0 Å². The van der Waals surface area contributed by atoms with E-state index in [4.69, 9.17) is 9.84 Å². The van der Waals surface area contributed by atoms with Crippen molar-refractivity contribution in [3.05, 3.63) is 65.2 Å². The number of ether oxygens (including phenoxy) is 1. The monoisotopic (exact) mass is 410 g/mol. The molecule has 0 saturated carbocycles. The minimum Gasteiger partial charge on any atom is -0.491 e. The number of aliphatic hydroxyl groups is 1. The largest absolute Gasteiger partial charge is 0.491 e. The predicted octanol–water partition coefficient (Wildman–Crippen LogP) is 4.14. The number of aryl methyl sites for hydroxylation is 1. The highest BCUT2D eigenvalue weighted by Crippen LogP contribution is 2.21. The van der Waals surface area contributed by atoms with Crippen LogP contribution in [0.4, 0.5) is 0 Å². The number of likely N-dealkylation sites (tertiary alicyclic amines) is 1. The van der Waals surface area contributed by atoms with Gasteiger partial charge in [-0.15, -0.1) is 0 Å². The Kier molecular flexibility index (Phi) is 9.19. The average molecular weight is 411 g/mol. The van der Waals surface area contributed by atoms with Crippen LogP contribution in [0.15, 0.2) is 48.5 Å². The molecular formula is C26H38N2O2. The Hall–Kier alpha value is -1.88. The summed E-state index contributed by atoms with van der Waals surface area (Å²) in [5, 5.41) is 8.95. The zero-order valence-corrected chi connectivity index (χ0v) is 18.7. The van der Waals surface area contributed by atoms with E-state index < -0.39 is 0 Å². The fourth-order valence-corrected chi connectivity index (χ4v) is 4.39. The van der Waals surface area contributed by atoms with Crippen molar-refractivity contribution < 1.29 is 9.84 Å². The first-order chi connectivity index (χ1) is 14.7. The summed E-state index contributed by atoms with van der Waals surface area (Å²) in [5.41, 5.74) is 4.18. The molecule has 2 aromatic rings. The second-order valence-electron chi connectivity index (χ2n) is 8.51. The van der Waals surface area contributed by atoms with E-state index in [9.17, 15) is 0 Å². The van der Waals surface area contributed by atoms with E-state index in [1.165, 1.54) is 55.7 Å². The van der Waals surface area contributed by atoms with Gasteiger partial charge < -0.3 is 14.7 Å². The van der Waals surface area contributed by atoms with Crippen LogP contribution in [0.2, 0.25) is 0 Å². The van der Waals surface area contributed by atoms with Crippen molar-refractivity contribution in [3.63, 3.8) is 0 Å². The van der Waals surface area contributed by atoms with E-state index in [-0.39, 0.29) is 6.61 Å². The maximum Gasteiger partial charge on any atom is 0.119 e. The first kappa shape index (κ1) is 22.8. The Bertz CT molecular complexity index is 756. The molecule has 1 N–H and O–H groups in total. The molecule has 4 nitrogen and oxygen atoms in total. The normalized spacial score (nSPS) is 15.6. The number of rotatable bonds is 11. The molecule has 0 unspecified atom stereocenters. The fraction of sp³-hybridized carbons (Fsp3) is 0.538. The van der Waals surface area contributed by atoms with E-state index in [0.29, 0.717) is 6.61 Å².